The highest BCUT2D eigenvalue weighted by Gasteiger charge is 1.88. The van der Waals surface area contributed by atoms with Crippen molar-refractivity contribution >= 4 is 0 Å². The van der Waals surface area contributed by atoms with Crippen molar-refractivity contribution in [3.63, 3.8) is 0 Å². The van der Waals surface area contributed by atoms with Crippen LogP contribution in [0, 0.1) is 11.8 Å². The highest BCUT2D eigenvalue weighted by Crippen LogP contribution is 1.99. The van der Waals surface area contributed by atoms with Gasteiger partial charge in [-0.15, -0.1) is 0 Å². The van der Waals surface area contributed by atoms with Gasteiger partial charge in [-0.1, -0.05) is 55.2 Å². The fraction of sp³-hybridized carbons (Fsp3) is 0.286. The fourth-order valence-electron chi connectivity index (χ4n) is 1.07. The summed E-state index contributed by atoms with van der Waals surface area (Å²) in [5.41, 5.74) is 1.18. The molecular weight excluding hydrogens is 184 g/mol. The molecule has 0 radical (unpaired) electrons. The normalized spacial score (nSPS) is 9.93. The van der Waals surface area contributed by atoms with Gasteiger partial charge in [0.2, 0.25) is 0 Å². The largest absolute Gasteiger partial charge is 0.364 e. The van der Waals surface area contributed by atoms with Crippen LogP contribution in [0.15, 0.2) is 42.5 Å². The number of rotatable bonds is 4. The summed E-state index contributed by atoms with van der Waals surface area (Å²) in [4.78, 5) is 0. The van der Waals surface area contributed by atoms with Crippen LogP contribution in [0.4, 0.5) is 0 Å². The van der Waals surface area contributed by atoms with E-state index in [1.807, 2.05) is 42.5 Å². The second-order valence-electron chi connectivity index (χ2n) is 3.11. The van der Waals surface area contributed by atoms with Gasteiger partial charge in [0, 0.05) is 0 Å². The van der Waals surface area contributed by atoms with E-state index in [4.69, 9.17) is 4.74 Å². The average Bonchev–Trinajstić information content (AvgIpc) is 2.29. The summed E-state index contributed by atoms with van der Waals surface area (Å²) in [6, 6.07) is 10.1. The van der Waals surface area contributed by atoms with Crippen LogP contribution >= 0.6 is 0 Å². The van der Waals surface area contributed by atoms with E-state index in [1.165, 1.54) is 5.56 Å². The van der Waals surface area contributed by atoms with Gasteiger partial charge in [-0.2, -0.15) is 0 Å². The van der Waals surface area contributed by atoms with Crippen LogP contribution in [0.25, 0.3) is 0 Å². The summed E-state index contributed by atoms with van der Waals surface area (Å²) < 4.78 is 5.39. The van der Waals surface area contributed by atoms with E-state index in [0.29, 0.717) is 13.2 Å². The molecule has 0 saturated heterocycles. The summed E-state index contributed by atoms with van der Waals surface area (Å²) in [5, 5.41) is 0. The summed E-state index contributed by atoms with van der Waals surface area (Å²) >= 11 is 0. The molecule has 0 spiro atoms. The maximum Gasteiger partial charge on any atom is 0.108 e. The Balaban J connectivity index is 2.16. The smallest absolute Gasteiger partial charge is 0.108 e. The molecule has 1 heteroatoms. The molecule has 1 nitrogen and oxygen atoms in total. The third-order valence-electron chi connectivity index (χ3n) is 1.82. The monoisotopic (exact) mass is 200 g/mol. The van der Waals surface area contributed by atoms with Crippen molar-refractivity contribution < 1.29 is 4.74 Å². The van der Waals surface area contributed by atoms with Crippen LogP contribution in [0.3, 0.4) is 0 Å². The molecule has 0 aliphatic carbocycles. The number of hydrogen-bond donors (Lipinski definition) is 0. The minimum Gasteiger partial charge on any atom is -0.364 e. The first-order valence-electron chi connectivity index (χ1n) is 5.18. The summed E-state index contributed by atoms with van der Waals surface area (Å²) in [5.74, 6) is 5.85. The second kappa shape index (κ2) is 7.84. The molecule has 0 N–H and O–H groups in total. The van der Waals surface area contributed by atoms with Gasteiger partial charge in [-0.05, 0) is 18.1 Å². The van der Waals surface area contributed by atoms with Crippen LogP contribution in [0.2, 0.25) is 0 Å². The van der Waals surface area contributed by atoms with Crippen molar-refractivity contribution in [3.8, 4) is 11.8 Å². The summed E-state index contributed by atoms with van der Waals surface area (Å²) in [6.07, 6.45) is 4.93. The Hall–Kier alpha value is -1.52. The van der Waals surface area contributed by atoms with Crippen molar-refractivity contribution in [1.82, 2.24) is 0 Å². The van der Waals surface area contributed by atoms with Crippen LogP contribution < -0.4 is 0 Å². The highest BCUT2D eigenvalue weighted by molar-refractivity contribution is 5.16. The minimum atomic E-state index is 0.489. The van der Waals surface area contributed by atoms with Crippen molar-refractivity contribution in [2.24, 2.45) is 0 Å². The highest BCUT2D eigenvalue weighted by atomic mass is 16.5. The molecule has 1 aromatic carbocycles. The van der Waals surface area contributed by atoms with Crippen molar-refractivity contribution in [1.29, 1.82) is 0 Å². The predicted octanol–water partition coefficient (Wildman–Crippen LogP) is 3.17. The zero-order valence-corrected chi connectivity index (χ0v) is 9.07. The van der Waals surface area contributed by atoms with Crippen molar-refractivity contribution in [3.05, 3.63) is 48.0 Å². The zero-order valence-electron chi connectivity index (χ0n) is 9.07. The zero-order chi connectivity index (χ0) is 10.8. The molecule has 0 fully saturated rings. The molecule has 1 aromatic rings. The van der Waals surface area contributed by atoms with Crippen molar-refractivity contribution in [2.75, 3.05) is 6.61 Å². The first kappa shape index (κ1) is 11.6. The lowest BCUT2D eigenvalue weighted by Gasteiger charge is -1.98. The lowest BCUT2D eigenvalue weighted by Crippen LogP contribution is -1.92. The standard InChI is InChI=1S/C14H16O/c1-2-3-4-5-9-12-15-13-14-10-7-6-8-11-14/h3-4,6-8,10-11H,2,12-13H2,1H3/b4-3-. The van der Waals surface area contributed by atoms with Gasteiger partial charge in [0.25, 0.3) is 0 Å². The third kappa shape index (κ3) is 5.72. The van der Waals surface area contributed by atoms with E-state index < -0.39 is 0 Å². The van der Waals surface area contributed by atoms with E-state index in [-0.39, 0.29) is 0 Å². The van der Waals surface area contributed by atoms with Crippen LogP contribution in [0.5, 0.6) is 0 Å². The van der Waals surface area contributed by atoms with Gasteiger partial charge in [0.15, 0.2) is 0 Å². The first-order chi connectivity index (χ1) is 7.43. The van der Waals surface area contributed by atoms with E-state index in [2.05, 4.69) is 18.8 Å². The lowest BCUT2D eigenvalue weighted by atomic mass is 10.2. The SMILES string of the molecule is CC/C=C\C#CCOCc1ccccc1. The molecule has 0 atom stereocenters. The Morgan fingerprint density at radius 2 is 2.07 bits per heavy atom. The molecular formula is C14H16O. The van der Waals surface area contributed by atoms with Crippen LogP contribution in [-0.4, -0.2) is 6.61 Å². The molecule has 78 valence electrons. The molecule has 0 unspecified atom stereocenters. The third-order valence-corrected chi connectivity index (χ3v) is 1.82. The minimum absolute atomic E-state index is 0.489. The molecule has 0 saturated carbocycles. The van der Waals surface area contributed by atoms with Crippen molar-refractivity contribution in [2.45, 2.75) is 20.0 Å². The number of benzene rings is 1. The van der Waals surface area contributed by atoms with Crippen LogP contribution in [0.1, 0.15) is 18.9 Å². The average molecular weight is 200 g/mol. The molecule has 0 amide bonds. The lowest BCUT2D eigenvalue weighted by molar-refractivity contribution is 0.153. The summed E-state index contributed by atoms with van der Waals surface area (Å²) in [6.45, 7) is 3.21. The number of ether oxygens (including phenoxy) is 1. The Bertz CT molecular complexity index is 341. The number of hydrogen-bond acceptors (Lipinski definition) is 1. The fourth-order valence-corrected chi connectivity index (χ4v) is 1.07. The van der Waals surface area contributed by atoms with Crippen LogP contribution in [-0.2, 0) is 11.3 Å². The second-order valence-corrected chi connectivity index (χ2v) is 3.11. The quantitative estimate of drug-likeness (QED) is 0.536. The maximum atomic E-state index is 5.39. The molecule has 0 bridgehead atoms. The van der Waals surface area contributed by atoms with E-state index in [9.17, 15) is 0 Å². The first-order valence-corrected chi connectivity index (χ1v) is 5.18. The van der Waals surface area contributed by atoms with Gasteiger partial charge < -0.3 is 4.74 Å². The van der Waals surface area contributed by atoms with Gasteiger partial charge in [0.1, 0.15) is 6.61 Å². The van der Waals surface area contributed by atoms with E-state index in [0.717, 1.165) is 6.42 Å². The van der Waals surface area contributed by atoms with Gasteiger partial charge in [0.05, 0.1) is 6.61 Å². The Morgan fingerprint density at radius 1 is 1.27 bits per heavy atom. The van der Waals surface area contributed by atoms with E-state index >= 15 is 0 Å². The molecule has 15 heavy (non-hydrogen) atoms. The van der Waals surface area contributed by atoms with Gasteiger partial charge >= 0.3 is 0 Å². The molecule has 1 rings (SSSR count). The predicted molar refractivity (Wildman–Crippen MR) is 63.3 cm³/mol. The molecule has 0 heterocycles. The van der Waals surface area contributed by atoms with E-state index in [1.54, 1.807) is 0 Å². The Kier molecular flexibility index (Phi) is 6.04. The maximum absolute atomic E-state index is 5.39. The number of allylic oxidation sites excluding steroid dienone is 2. The summed E-state index contributed by atoms with van der Waals surface area (Å²) in [7, 11) is 0. The molecule has 0 aliphatic rings. The van der Waals surface area contributed by atoms with Gasteiger partial charge in [-0.25, -0.2) is 0 Å². The Morgan fingerprint density at radius 3 is 2.80 bits per heavy atom. The molecule has 0 aliphatic heterocycles. The topological polar surface area (TPSA) is 9.23 Å². The Labute approximate surface area is 91.8 Å². The molecule has 0 aromatic heterocycles. The van der Waals surface area contributed by atoms with Gasteiger partial charge in [-0.3, -0.25) is 0 Å².